The zero-order valence-corrected chi connectivity index (χ0v) is 13.5. The van der Waals surface area contributed by atoms with Crippen LogP contribution in [0.1, 0.15) is 4.88 Å². The second kappa shape index (κ2) is 7.50. The number of hydrogen-bond acceptors (Lipinski definition) is 2. The summed E-state index contributed by atoms with van der Waals surface area (Å²) in [7, 11) is 0. The van der Waals surface area contributed by atoms with Crippen molar-refractivity contribution in [3.05, 3.63) is 63.3 Å². The van der Waals surface area contributed by atoms with E-state index in [1.807, 2.05) is 17.5 Å². The molecule has 2 rings (SSSR count). The highest BCUT2D eigenvalue weighted by Crippen LogP contribution is 2.25. The van der Waals surface area contributed by atoms with Crippen LogP contribution in [-0.2, 0) is 6.54 Å². The minimum atomic E-state index is -0.207. The van der Waals surface area contributed by atoms with E-state index in [1.165, 1.54) is 0 Å². The first-order valence-corrected chi connectivity index (χ1v) is 7.88. The van der Waals surface area contributed by atoms with E-state index in [0.29, 0.717) is 28.8 Å². The molecule has 0 aliphatic rings. The second-order valence-electron chi connectivity index (χ2n) is 4.31. The summed E-state index contributed by atoms with van der Waals surface area (Å²) in [4.78, 5) is 15.1. The number of amides is 2. The number of halogens is 2. The molecule has 0 saturated carbocycles. The van der Waals surface area contributed by atoms with Gasteiger partial charge in [0.2, 0.25) is 0 Å². The van der Waals surface area contributed by atoms with Gasteiger partial charge in [-0.1, -0.05) is 35.3 Å². The molecule has 0 atom stereocenters. The average molecular weight is 341 g/mol. The third-order valence-corrected chi connectivity index (χ3v) is 4.33. The Balaban J connectivity index is 2.07. The molecule has 2 amide bonds. The van der Waals surface area contributed by atoms with E-state index >= 15 is 0 Å². The van der Waals surface area contributed by atoms with Gasteiger partial charge in [-0.15, -0.1) is 17.9 Å². The molecule has 21 heavy (non-hydrogen) atoms. The normalized spacial score (nSPS) is 10.2. The van der Waals surface area contributed by atoms with Crippen LogP contribution in [-0.4, -0.2) is 17.5 Å². The van der Waals surface area contributed by atoms with Crippen molar-refractivity contribution in [1.82, 2.24) is 4.90 Å². The Kier molecular flexibility index (Phi) is 5.67. The Morgan fingerprint density at radius 1 is 1.33 bits per heavy atom. The lowest BCUT2D eigenvalue weighted by Gasteiger charge is -2.21. The fraction of sp³-hybridized carbons (Fsp3) is 0.133. The molecule has 2 aromatic rings. The summed E-state index contributed by atoms with van der Waals surface area (Å²) in [5, 5.41) is 5.65. The van der Waals surface area contributed by atoms with E-state index in [2.05, 4.69) is 11.9 Å². The van der Waals surface area contributed by atoms with Gasteiger partial charge in [0, 0.05) is 17.1 Å². The molecule has 110 valence electrons. The van der Waals surface area contributed by atoms with Crippen LogP contribution in [0.25, 0.3) is 0 Å². The molecule has 1 N–H and O–H groups in total. The van der Waals surface area contributed by atoms with Crippen LogP contribution >= 0.6 is 34.5 Å². The minimum Gasteiger partial charge on any atom is -0.316 e. The van der Waals surface area contributed by atoms with Crippen LogP contribution in [0.2, 0.25) is 10.0 Å². The maximum Gasteiger partial charge on any atom is 0.322 e. The van der Waals surface area contributed by atoms with Gasteiger partial charge in [-0.2, -0.15) is 0 Å². The predicted molar refractivity (Wildman–Crippen MR) is 90.4 cm³/mol. The van der Waals surface area contributed by atoms with Gasteiger partial charge in [-0.05, 0) is 29.6 Å². The number of carbonyl (C=O) groups is 1. The smallest absolute Gasteiger partial charge is 0.316 e. The second-order valence-corrected chi connectivity index (χ2v) is 6.15. The van der Waals surface area contributed by atoms with E-state index in [9.17, 15) is 4.79 Å². The van der Waals surface area contributed by atoms with Crippen molar-refractivity contribution in [2.45, 2.75) is 6.54 Å². The Bertz CT molecular complexity index is 629. The minimum absolute atomic E-state index is 0.207. The summed E-state index contributed by atoms with van der Waals surface area (Å²) < 4.78 is 0. The molecular weight excluding hydrogens is 327 g/mol. The largest absolute Gasteiger partial charge is 0.322 e. The van der Waals surface area contributed by atoms with Crippen molar-refractivity contribution < 1.29 is 4.79 Å². The van der Waals surface area contributed by atoms with Gasteiger partial charge in [-0.3, -0.25) is 0 Å². The highest BCUT2D eigenvalue weighted by Gasteiger charge is 2.13. The molecule has 0 spiro atoms. The number of nitrogens with one attached hydrogen (secondary N) is 1. The summed E-state index contributed by atoms with van der Waals surface area (Å²) in [6.07, 6.45) is 1.70. The van der Waals surface area contributed by atoms with Crippen LogP contribution in [0, 0.1) is 0 Å². The van der Waals surface area contributed by atoms with E-state index in [4.69, 9.17) is 23.2 Å². The Morgan fingerprint density at radius 3 is 2.76 bits per heavy atom. The summed E-state index contributed by atoms with van der Waals surface area (Å²) >= 11 is 13.4. The number of thiophene rings is 1. The third-order valence-electron chi connectivity index (χ3n) is 2.73. The van der Waals surface area contributed by atoms with Gasteiger partial charge in [0.15, 0.2) is 0 Å². The molecule has 0 radical (unpaired) electrons. The van der Waals surface area contributed by atoms with Crippen LogP contribution in [0.3, 0.4) is 0 Å². The SMILES string of the molecule is C=CCN(Cc1cccs1)C(=O)Nc1ccc(Cl)c(Cl)c1. The molecule has 1 heterocycles. The highest BCUT2D eigenvalue weighted by atomic mass is 35.5. The number of benzene rings is 1. The summed E-state index contributed by atoms with van der Waals surface area (Å²) in [6, 6.07) is 8.73. The first-order valence-electron chi connectivity index (χ1n) is 6.24. The van der Waals surface area contributed by atoms with Crippen LogP contribution in [0.4, 0.5) is 10.5 Å². The van der Waals surface area contributed by atoms with E-state index in [1.54, 1.807) is 40.5 Å². The van der Waals surface area contributed by atoms with Gasteiger partial charge in [0.1, 0.15) is 0 Å². The number of rotatable bonds is 5. The average Bonchev–Trinajstić information content (AvgIpc) is 2.95. The molecule has 0 bridgehead atoms. The maximum atomic E-state index is 12.3. The van der Waals surface area contributed by atoms with Gasteiger partial charge in [0.05, 0.1) is 16.6 Å². The zero-order valence-electron chi connectivity index (χ0n) is 11.2. The lowest BCUT2D eigenvalue weighted by Crippen LogP contribution is -2.34. The summed E-state index contributed by atoms with van der Waals surface area (Å²) in [5.74, 6) is 0. The Morgan fingerprint density at radius 2 is 2.14 bits per heavy atom. The van der Waals surface area contributed by atoms with E-state index in [-0.39, 0.29) is 6.03 Å². The van der Waals surface area contributed by atoms with Gasteiger partial charge in [0.25, 0.3) is 0 Å². The van der Waals surface area contributed by atoms with E-state index < -0.39 is 0 Å². The molecule has 1 aromatic carbocycles. The molecule has 0 aliphatic heterocycles. The van der Waals surface area contributed by atoms with Crippen molar-refractivity contribution in [3.8, 4) is 0 Å². The first kappa shape index (κ1) is 15.9. The van der Waals surface area contributed by atoms with Gasteiger partial charge < -0.3 is 10.2 Å². The lowest BCUT2D eigenvalue weighted by molar-refractivity contribution is 0.215. The molecular formula is C15H14Cl2N2OS. The topological polar surface area (TPSA) is 32.3 Å². The van der Waals surface area contributed by atoms with Crippen molar-refractivity contribution in [2.24, 2.45) is 0 Å². The molecule has 1 aromatic heterocycles. The van der Waals surface area contributed by atoms with Crippen LogP contribution in [0.15, 0.2) is 48.4 Å². The van der Waals surface area contributed by atoms with Crippen LogP contribution < -0.4 is 5.32 Å². The quantitative estimate of drug-likeness (QED) is 0.738. The third kappa shape index (κ3) is 4.49. The molecule has 6 heteroatoms. The zero-order chi connectivity index (χ0) is 15.2. The first-order chi connectivity index (χ1) is 10.1. The Hall–Kier alpha value is -1.49. The summed E-state index contributed by atoms with van der Waals surface area (Å²) in [5.41, 5.74) is 0.606. The molecule has 0 saturated heterocycles. The molecule has 0 unspecified atom stereocenters. The molecule has 3 nitrogen and oxygen atoms in total. The van der Waals surface area contributed by atoms with Gasteiger partial charge in [-0.25, -0.2) is 4.79 Å². The van der Waals surface area contributed by atoms with Crippen molar-refractivity contribution in [1.29, 1.82) is 0 Å². The van der Waals surface area contributed by atoms with Crippen molar-refractivity contribution >= 4 is 46.3 Å². The summed E-state index contributed by atoms with van der Waals surface area (Å²) in [6.45, 7) is 4.69. The number of urea groups is 1. The van der Waals surface area contributed by atoms with Crippen molar-refractivity contribution in [2.75, 3.05) is 11.9 Å². The fourth-order valence-electron chi connectivity index (χ4n) is 1.74. The molecule has 0 fully saturated rings. The predicted octanol–water partition coefficient (Wildman–Crippen LogP) is 5.28. The van der Waals surface area contributed by atoms with Crippen molar-refractivity contribution in [3.63, 3.8) is 0 Å². The van der Waals surface area contributed by atoms with Gasteiger partial charge >= 0.3 is 6.03 Å². The fourth-order valence-corrected chi connectivity index (χ4v) is 2.76. The number of carbonyl (C=O) groups excluding carboxylic acids is 1. The number of anilines is 1. The number of nitrogens with zero attached hydrogens (tertiary/aromatic N) is 1. The van der Waals surface area contributed by atoms with E-state index in [0.717, 1.165) is 4.88 Å². The Labute approximate surface area is 137 Å². The number of hydrogen-bond donors (Lipinski definition) is 1. The monoisotopic (exact) mass is 340 g/mol. The lowest BCUT2D eigenvalue weighted by atomic mass is 10.3. The van der Waals surface area contributed by atoms with Crippen LogP contribution in [0.5, 0.6) is 0 Å². The standard InChI is InChI=1S/C15H14Cl2N2OS/c1-2-7-19(10-12-4-3-8-21-12)15(20)18-11-5-6-13(16)14(17)9-11/h2-6,8-9H,1,7,10H2,(H,18,20). The molecule has 0 aliphatic carbocycles. The maximum absolute atomic E-state index is 12.3. The highest BCUT2D eigenvalue weighted by molar-refractivity contribution is 7.09.